The van der Waals surface area contributed by atoms with E-state index in [4.69, 9.17) is 0 Å². The summed E-state index contributed by atoms with van der Waals surface area (Å²) in [6.07, 6.45) is 3.35. The Morgan fingerprint density at radius 1 is 1.30 bits per heavy atom. The van der Waals surface area contributed by atoms with Gasteiger partial charge in [0.15, 0.2) is 5.69 Å². The second kappa shape index (κ2) is 5.71. The molecule has 1 aliphatic heterocycles. The SMILES string of the molecule is C[C@@H]1CCCCN1C(=O)c1nnsc1-c1ccccc1. The van der Waals surface area contributed by atoms with Crippen LogP contribution in [0.3, 0.4) is 0 Å². The summed E-state index contributed by atoms with van der Waals surface area (Å²) in [7, 11) is 0. The van der Waals surface area contributed by atoms with E-state index in [0.717, 1.165) is 29.8 Å². The zero-order valence-corrected chi connectivity index (χ0v) is 12.3. The van der Waals surface area contributed by atoms with Gasteiger partial charge in [0, 0.05) is 12.6 Å². The molecule has 0 aliphatic carbocycles. The van der Waals surface area contributed by atoms with Gasteiger partial charge in [0.1, 0.15) is 0 Å². The van der Waals surface area contributed by atoms with Crippen LogP contribution in [-0.2, 0) is 0 Å². The normalized spacial score (nSPS) is 19.1. The van der Waals surface area contributed by atoms with E-state index in [2.05, 4.69) is 16.5 Å². The standard InChI is InChI=1S/C15H17N3OS/c1-11-7-5-6-10-18(11)15(19)13-14(20-17-16-13)12-8-3-2-4-9-12/h2-4,8-9,11H,5-7,10H2,1H3/t11-/m1/s1. The number of hydrogen-bond donors (Lipinski definition) is 0. The van der Waals surface area contributed by atoms with Crippen molar-refractivity contribution in [1.82, 2.24) is 14.5 Å². The highest BCUT2D eigenvalue weighted by atomic mass is 32.1. The molecule has 0 spiro atoms. The Kier molecular flexibility index (Phi) is 3.78. The molecule has 3 rings (SSSR count). The lowest BCUT2D eigenvalue weighted by Gasteiger charge is -2.32. The molecule has 0 radical (unpaired) electrons. The Bertz CT molecular complexity index is 596. The molecule has 104 valence electrons. The smallest absolute Gasteiger partial charge is 0.276 e. The summed E-state index contributed by atoms with van der Waals surface area (Å²) in [4.78, 5) is 15.5. The van der Waals surface area contributed by atoms with Crippen LogP contribution < -0.4 is 0 Å². The number of amides is 1. The Morgan fingerprint density at radius 3 is 2.85 bits per heavy atom. The highest BCUT2D eigenvalue weighted by Crippen LogP contribution is 2.28. The molecule has 5 heteroatoms. The molecule has 0 bridgehead atoms. The van der Waals surface area contributed by atoms with Crippen LogP contribution in [0.2, 0.25) is 0 Å². The molecule has 1 aromatic heterocycles. The summed E-state index contributed by atoms with van der Waals surface area (Å²) in [5, 5.41) is 4.08. The molecule has 1 amide bonds. The predicted molar refractivity (Wildman–Crippen MR) is 79.7 cm³/mol. The van der Waals surface area contributed by atoms with E-state index in [-0.39, 0.29) is 5.91 Å². The van der Waals surface area contributed by atoms with E-state index >= 15 is 0 Å². The molecule has 1 aliphatic rings. The van der Waals surface area contributed by atoms with Crippen LogP contribution in [0.4, 0.5) is 0 Å². The highest BCUT2D eigenvalue weighted by molar-refractivity contribution is 7.09. The van der Waals surface area contributed by atoms with Gasteiger partial charge in [-0.15, -0.1) is 5.10 Å². The van der Waals surface area contributed by atoms with Gasteiger partial charge in [0.2, 0.25) is 0 Å². The molecule has 1 aromatic carbocycles. The number of rotatable bonds is 2. The number of carbonyl (C=O) groups is 1. The van der Waals surface area contributed by atoms with Gasteiger partial charge in [0.25, 0.3) is 5.91 Å². The van der Waals surface area contributed by atoms with E-state index in [9.17, 15) is 4.79 Å². The molecule has 0 N–H and O–H groups in total. The zero-order valence-electron chi connectivity index (χ0n) is 11.5. The van der Waals surface area contributed by atoms with Crippen molar-refractivity contribution < 1.29 is 4.79 Å². The van der Waals surface area contributed by atoms with Crippen LogP contribution in [-0.4, -0.2) is 33.0 Å². The van der Waals surface area contributed by atoms with Gasteiger partial charge in [0.05, 0.1) is 4.88 Å². The number of aromatic nitrogens is 2. The van der Waals surface area contributed by atoms with Crippen LogP contribution >= 0.6 is 11.5 Å². The number of nitrogens with zero attached hydrogens (tertiary/aromatic N) is 3. The van der Waals surface area contributed by atoms with Crippen molar-refractivity contribution in [1.29, 1.82) is 0 Å². The third kappa shape index (κ3) is 2.45. The van der Waals surface area contributed by atoms with Crippen LogP contribution in [0.15, 0.2) is 30.3 Å². The molecule has 0 unspecified atom stereocenters. The average molecular weight is 287 g/mol. The Labute approximate surface area is 122 Å². The molecule has 0 saturated carbocycles. The van der Waals surface area contributed by atoms with Crippen LogP contribution in [0.1, 0.15) is 36.7 Å². The van der Waals surface area contributed by atoms with Gasteiger partial charge in [-0.25, -0.2) is 0 Å². The topological polar surface area (TPSA) is 46.1 Å². The maximum absolute atomic E-state index is 12.7. The number of hydrogen-bond acceptors (Lipinski definition) is 4. The van der Waals surface area contributed by atoms with Gasteiger partial charge in [-0.05, 0) is 43.3 Å². The maximum atomic E-state index is 12.7. The average Bonchev–Trinajstić information content (AvgIpc) is 2.97. The van der Waals surface area contributed by atoms with Crippen molar-refractivity contribution in [2.24, 2.45) is 0 Å². The number of benzene rings is 1. The van der Waals surface area contributed by atoms with Gasteiger partial charge in [-0.1, -0.05) is 34.8 Å². The molecule has 1 fully saturated rings. The summed E-state index contributed by atoms with van der Waals surface area (Å²) in [5.74, 6) is 0.0183. The third-order valence-electron chi connectivity index (χ3n) is 3.79. The first-order valence-electron chi connectivity index (χ1n) is 6.96. The highest BCUT2D eigenvalue weighted by Gasteiger charge is 2.28. The lowest BCUT2D eigenvalue weighted by atomic mass is 10.0. The van der Waals surface area contributed by atoms with Crippen molar-refractivity contribution in [3.63, 3.8) is 0 Å². The van der Waals surface area contributed by atoms with E-state index in [0.29, 0.717) is 11.7 Å². The van der Waals surface area contributed by atoms with Gasteiger partial charge < -0.3 is 4.90 Å². The van der Waals surface area contributed by atoms with E-state index in [1.165, 1.54) is 18.0 Å². The van der Waals surface area contributed by atoms with Crippen molar-refractivity contribution in [2.45, 2.75) is 32.2 Å². The second-order valence-corrected chi connectivity index (χ2v) is 5.91. The maximum Gasteiger partial charge on any atom is 0.276 e. The van der Waals surface area contributed by atoms with E-state index in [1.54, 1.807) is 0 Å². The Morgan fingerprint density at radius 2 is 2.10 bits per heavy atom. The first kappa shape index (κ1) is 13.2. The van der Waals surface area contributed by atoms with Gasteiger partial charge >= 0.3 is 0 Å². The molecular weight excluding hydrogens is 270 g/mol. The second-order valence-electron chi connectivity index (χ2n) is 5.16. The number of carbonyl (C=O) groups excluding carboxylic acids is 1. The minimum atomic E-state index is 0.0183. The van der Waals surface area contributed by atoms with Crippen molar-refractivity contribution in [3.8, 4) is 10.4 Å². The molecule has 20 heavy (non-hydrogen) atoms. The summed E-state index contributed by atoms with van der Waals surface area (Å²) >= 11 is 1.29. The quantitative estimate of drug-likeness (QED) is 0.852. The van der Waals surface area contributed by atoms with Gasteiger partial charge in [-0.2, -0.15) is 0 Å². The lowest BCUT2D eigenvalue weighted by molar-refractivity contribution is 0.0630. The predicted octanol–water partition coefficient (Wildman–Crippen LogP) is 3.22. The minimum absolute atomic E-state index is 0.0183. The summed E-state index contributed by atoms with van der Waals surface area (Å²) in [5.41, 5.74) is 1.51. The zero-order chi connectivity index (χ0) is 13.9. The molecule has 4 nitrogen and oxygen atoms in total. The molecule has 1 saturated heterocycles. The fourth-order valence-electron chi connectivity index (χ4n) is 2.65. The van der Waals surface area contributed by atoms with Gasteiger partial charge in [-0.3, -0.25) is 4.79 Å². The fourth-order valence-corrected chi connectivity index (χ4v) is 3.31. The van der Waals surface area contributed by atoms with E-state index < -0.39 is 0 Å². The van der Waals surface area contributed by atoms with Crippen LogP contribution in [0, 0.1) is 0 Å². The molecular formula is C15H17N3OS. The van der Waals surface area contributed by atoms with Crippen LogP contribution in [0.5, 0.6) is 0 Å². The van der Waals surface area contributed by atoms with Crippen LogP contribution in [0.25, 0.3) is 10.4 Å². The molecule has 1 atom stereocenters. The Balaban J connectivity index is 1.91. The fraction of sp³-hybridized carbons (Fsp3) is 0.400. The minimum Gasteiger partial charge on any atom is -0.335 e. The largest absolute Gasteiger partial charge is 0.335 e. The van der Waals surface area contributed by atoms with Crippen molar-refractivity contribution >= 4 is 17.4 Å². The number of likely N-dealkylation sites (tertiary alicyclic amines) is 1. The first-order valence-corrected chi connectivity index (χ1v) is 7.73. The molecule has 2 heterocycles. The van der Waals surface area contributed by atoms with Crippen molar-refractivity contribution in [3.05, 3.63) is 36.0 Å². The number of piperidine rings is 1. The lowest BCUT2D eigenvalue weighted by Crippen LogP contribution is -2.42. The van der Waals surface area contributed by atoms with Crippen molar-refractivity contribution in [2.75, 3.05) is 6.54 Å². The monoisotopic (exact) mass is 287 g/mol. The summed E-state index contributed by atoms with van der Waals surface area (Å²) in [6.45, 7) is 2.94. The third-order valence-corrected chi connectivity index (χ3v) is 4.57. The van der Waals surface area contributed by atoms with E-state index in [1.807, 2.05) is 35.2 Å². The summed E-state index contributed by atoms with van der Waals surface area (Å²) in [6, 6.07) is 10.2. The molecule has 2 aromatic rings. The Hall–Kier alpha value is -1.75. The summed E-state index contributed by atoms with van der Waals surface area (Å²) < 4.78 is 3.98. The first-order chi connectivity index (χ1) is 9.77.